The second-order valence-corrected chi connectivity index (χ2v) is 9.56. The van der Waals surface area contributed by atoms with Crippen LogP contribution in [0.3, 0.4) is 0 Å². The number of unbranched alkanes of at least 4 members (excludes halogenated alkanes) is 2. The van der Waals surface area contributed by atoms with E-state index in [2.05, 4.69) is 77.6 Å². The van der Waals surface area contributed by atoms with E-state index in [-0.39, 0.29) is 5.69 Å². The molecule has 4 aromatic rings. The Hall–Kier alpha value is -3.55. The Morgan fingerprint density at radius 3 is 2.51 bits per heavy atom. The van der Waals surface area contributed by atoms with Crippen molar-refractivity contribution in [1.82, 2.24) is 34.7 Å². The van der Waals surface area contributed by atoms with Crippen LogP contribution in [0.15, 0.2) is 47.5 Å². The lowest BCUT2D eigenvalue weighted by Crippen LogP contribution is -2.26. The normalized spacial score (nSPS) is 11.5. The van der Waals surface area contributed by atoms with Gasteiger partial charge < -0.3 is 0 Å². The SMILES string of the molecule is CCCCCc1c(C)n(CCC(C)C)c(=O)n1Cc1ccc(-c2cnccc2-c2nnn[nH]2)cc1. The summed E-state index contributed by atoms with van der Waals surface area (Å²) in [4.78, 5) is 17.7. The lowest BCUT2D eigenvalue weighted by atomic mass is 10.0. The van der Waals surface area contributed by atoms with Gasteiger partial charge in [-0.1, -0.05) is 57.9 Å². The second-order valence-electron chi connectivity index (χ2n) is 9.56. The van der Waals surface area contributed by atoms with E-state index in [4.69, 9.17) is 0 Å². The maximum atomic E-state index is 13.4. The molecule has 0 radical (unpaired) electrons. The second kappa shape index (κ2) is 11.3. The molecule has 0 atom stereocenters. The Balaban J connectivity index is 1.62. The minimum Gasteiger partial charge on any atom is -0.296 e. The van der Waals surface area contributed by atoms with Crippen LogP contribution in [0, 0.1) is 12.8 Å². The number of imidazole rings is 1. The fourth-order valence-corrected chi connectivity index (χ4v) is 4.50. The maximum Gasteiger partial charge on any atom is 0.328 e. The van der Waals surface area contributed by atoms with Gasteiger partial charge in [0.1, 0.15) is 0 Å². The van der Waals surface area contributed by atoms with E-state index in [0.29, 0.717) is 18.3 Å². The monoisotopic (exact) mass is 473 g/mol. The van der Waals surface area contributed by atoms with Gasteiger partial charge in [-0.3, -0.25) is 14.1 Å². The van der Waals surface area contributed by atoms with Crippen molar-refractivity contribution in [3.05, 3.63) is 70.2 Å². The van der Waals surface area contributed by atoms with E-state index in [0.717, 1.165) is 53.8 Å². The molecule has 184 valence electrons. The van der Waals surface area contributed by atoms with Gasteiger partial charge in [-0.05, 0) is 59.7 Å². The number of aromatic nitrogens is 7. The summed E-state index contributed by atoms with van der Waals surface area (Å²) in [5.74, 6) is 1.17. The van der Waals surface area contributed by atoms with Crippen LogP contribution in [0.5, 0.6) is 0 Å². The van der Waals surface area contributed by atoms with Gasteiger partial charge in [-0.15, -0.1) is 5.10 Å². The summed E-state index contributed by atoms with van der Waals surface area (Å²) in [7, 11) is 0. The van der Waals surface area contributed by atoms with Crippen LogP contribution in [-0.4, -0.2) is 34.7 Å². The fraction of sp³-hybridized carbons (Fsp3) is 0.444. The quantitative estimate of drug-likeness (QED) is 0.308. The Morgan fingerprint density at radius 2 is 1.83 bits per heavy atom. The number of H-pyrrole nitrogens is 1. The van der Waals surface area contributed by atoms with Gasteiger partial charge in [0.25, 0.3) is 0 Å². The molecule has 0 amide bonds. The number of tetrazole rings is 1. The average Bonchev–Trinajstić information content (AvgIpc) is 3.47. The number of hydrogen-bond donors (Lipinski definition) is 1. The number of nitrogens with one attached hydrogen (secondary N) is 1. The van der Waals surface area contributed by atoms with Crippen molar-refractivity contribution in [3.63, 3.8) is 0 Å². The zero-order chi connectivity index (χ0) is 24.8. The van der Waals surface area contributed by atoms with E-state index in [1.807, 2.05) is 21.4 Å². The predicted octanol–water partition coefficient (Wildman–Crippen LogP) is 5.03. The number of aromatic amines is 1. The van der Waals surface area contributed by atoms with Crippen LogP contribution in [-0.2, 0) is 19.5 Å². The Labute approximate surface area is 206 Å². The molecule has 0 aliphatic rings. The topological polar surface area (TPSA) is 94.3 Å². The van der Waals surface area contributed by atoms with Gasteiger partial charge in [0.2, 0.25) is 0 Å². The molecular formula is C27H35N7O. The van der Waals surface area contributed by atoms with E-state index in [9.17, 15) is 4.79 Å². The highest BCUT2D eigenvalue weighted by Crippen LogP contribution is 2.29. The van der Waals surface area contributed by atoms with Crippen molar-refractivity contribution in [2.45, 2.75) is 72.9 Å². The molecule has 4 rings (SSSR count). The Bertz CT molecular complexity index is 1280. The van der Waals surface area contributed by atoms with Gasteiger partial charge in [-0.2, -0.15) is 0 Å². The molecule has 35 heavy (non-hydrogen) atoms. The largest absolute Gasteiger partial charge is 0.328 e. The molecule has 0 unspecified atom stereocenters. The molecule has 0 spiro atoms. The van der Waals surface area contributed by atoms with Crippen LogP contribution in [0.2, 0.25) is 0 Å². The molecule has 0 aliphatic carbocycles. The molecule has 0 aliphatic heterocycles. The number of benzene rings is 1. The molecule has 0 saturated heterocycles. The number of pyridine rings is 1. The van der Waals surface area contributed by atoms with Gasteiger partial charge >= 0.3 is 5.69 Å². The van der Waals surface area contributed by atoms with E-state index in [1.165, 1.54) is 18.5 Å². The molecule has 3 heterocycles. The number of nitrogens with zero attached hydrogens (tertiary/aromatic N) is 6. The van der Waals surface area contributed by atoms with Crippen LogP contribution in [0.1, 0.15) is 63.4 Å². The summed E-state index contributed by atoms with van der Waals surface area (Å²) < 4.78 is 3.96. The number of hydrogen-bond acceptors (Lipinski definition) is 5. The Kier molecular flexibility index (Phi) is 7.90. The first kappa shape index (κ1) is 24.6. The summed E-state index contributed by atoms with van der Waals surface area (Å²) in [6, 6.07) is 10.2. The first-order valence-electron chi connectivity index (χ1n) is 12.6. The van der Waals surface area contributed by atoms with Crippen LogP contribution < -0.4 is 5.69 Å². The number of rotatable bonds is 11. The van der Waals surface area contributed by atoms with E-state index >= 15 is 0 Å². The third-order valence-electron chi connectivity index (χ3n) is 6.58. The van der Waals surface area contributed by atoms with Crippen molar-refractivity contribution in [1.29, 1.82) is 0 Å². The van der Waals surface area contributed by atoms with Crippen molar-refractivity contribution < 1.29 is 0 Å². The minimum absolute atomic E-state index is 0.103. The molecule has 8 nitrogen and oxygen atoms in total. The molecule has 3 aromatic heterocycles. The maximum absolute atomic E-state index is 13.4. The summed E-state index contributed by atoms with van der Waals surface area (Å²) in [6.07, 6.45) is 8.93. The third-order valence-corrected chi connectivity index (χ3v) is 6.58. The van der Waals surface area contributed by atoms with E-state index < -0.39 is 0 Å². The Morgan fingerprint density at radius 1 is 1.03 bits per heavy atom. The lowest BCUT2D eigenvalue weighted by Gasteiger charge is -2.10. The van der Waals surface area contributed by atoms with Crippen molar-refractivity contribution in [3.8, 4) is 22.5 Å². The van der Waals surface area contributed by atoms with Crippen LogP contribution >= 0.6 is 0 Å². The van der Waals surface area contributed by atoms with Crippen LogP contribution in [0.4, 0.5) is 0 Å². The molecule has 1 aromatic carbocycles. The first-order valence-corrected chi connectivity index (χ1v) is 12.6. The molecule has 0 fully saturated rings. The van der Waals surface area contributed by atoms with Crippen LogP contribution in [0.25, 0.3) is 22.5 Å². The summed E-state index contributed by atoms with van der Waals surface area (Å²) in [5.41, 5.74) is 6.35. The standard InChI is InChI=1S/C27H35N7O/c1-5-6-7-8-25-20(4)33(16-14-19(2)3)27(35)34(25)18-21-9-11-22(12-10-21)24-17-28-15-13-23(24)26-29-31-32-30-26/h9-13,15,17,19H,5-8,14,16,18H2,1-4H3,(H,29,30,31,32). The molecule has 0 bridgehead atoms. The van der Waals surface area contributed by atoms with Crippen molar-refractivity contribution in [2.24, 2.45) is 5.92 Å². The molecule has 8 heteroatoms. The highest BCUT2D eigenvalue weighted by molar-refractivity contribution is 5.79. The predicted molar refractivity (Wildman–Crippen MR) is 138 cm³/mol. The fourth-order valence-electron chi connectivity index (χ4n) is 4.50. The van der Waals surface area contributed by atoms with Gasteiger partial charge in [0.05, 0.1) is 6.54 Å². The summed E-state index contributed by atoms with van der Waals surface area (Å²) in [5, 5.41) is 14.3. The first-order chi connectivity index (χ1) is 17.0. The highest BCUT2D eigenvalue weighted by atomic mass is 16.1. The van der Waals surface area contributed by atoms with Gasteiger partial charge in [-0.25, -0.2) is 9.89 Å². The van der Waals surface area contributed by atoms with Crippen molar-refractivity contribution >= 4 is 0 Å². The summed E-state index contributed by atoms with van der Waals surface area (Å²) in [6.45, 7) is 10.1. The average molecular weight is 474 g/mol. The molecule has 0 saturated carbocycles. The smallest absolute Gasteiger partial charge is 0.296 e. The third kappa shape index (κ3) is 5.58. The van der Waals surface area contributed by atoms with Gasteiger partial charge in [0.15, 0.2) is 5.82 Å². The zero-order valence-corrected chi connectivity index (χ0v) is 21.2. The van der Waals surface area contributed by atoms with Crippen molar-refractivity contribution in [2.75, 3.05) is 0 Å². The lowest BCUT2D eigenvalue weighted by molar-refractivity contribution is 0.498. The van der Waals surface area contributed by atoms with E-state index in [1.54, 1.807) is 6.20 Å². The van der Waals surface area contributed by atoms with Gasteiger partial charge in [0, 0.05) is 41.5 Å². The minimum atomic E-state index is 0.103. The summed E-state index contributed by atoms with van der Waals surface area (Å²) >= 11 is 0. The molecule has 1 N–H and O–H groups in total. The molecular weight excluding hydrogens is 438 g/mol. The highest BCUT2D eigenvalue weighted by Gasteiger charge is 2.17. The zero-order valence-electron chi connectivity index (χ0n) is 21.2.